The van der Waals surface area contributed by atoms with Crippen molar-refractivity contribution in [2.24, 2.45) is 0 Å². The van der Waals surface area contributed by atoms with Gasteiger partial charge in [0.15, 0.2) is 11.0 Å². The molecular formula is C22H23N5O3S2. The predicted molar refractivity (Wildman–Crippen MR) is 122 cm³/mol. The summed E-state index contributed by atoms with van der Waals surface area (Å²) in [5.41, 5.74) is 1.70. The Bertz CT molecular complexity index is 1220. The number of morpholine rings is 1. The van der Waals surface area contributed by atoms with Crippen molar-refractivity contribution in [3.8, 4) is 17.5 Å². The molecule has 0 N–H and O–H groups in total. The first-order valence-electron chi connectivity index (χ1n) is 10.2. The minimum absolute atomic E-state index is 0.214. The van der Waals surface area contributed by atoms with Crippen molar-refractivity contribution in [1.82, 2.24) is 19.1 Å². The van der Waals surface area contributed by atoms with E-state index in [1.165, 1.54) is 16.1 Å². The summed E-state index contributed by atoms with van der Waals surface area (Å²) in [6.45, 7) is 3.77. The zero-order valence-corrected chi connectivity index (χ0v) is 19.2. The Kier molecular flexibility index (Phi) is 6.91. The van der Waals surface area contributed by atoms with E-state index in [1.807, 2.05) is 41.0 Å². The molecule has 1 aliphatic heterocycles. The highest BCUT2D eigenvalue weighted by Gasteiger charge is 2.27. The average Bonchev–Trinajstić information content (AvgIpc) is 3.22. The number of rotatable bonds is 7. The lowest BCUT2D eigenvalue weighted by atomic mass is 10.2. The van der Waals surface area contributed by atoms with Crippen LogP contribution in [0.5, 0.6) is 0 Å². The summed E-state index contributed by atoms with van der Waals surface area (Å²) in [5.74, 6) is 0.556. The van der Waals surface area contributed by atoms with E-state index in [0.717, 1.165) is 5.56 Å². The van der Waals surface area contributed by atoms with E-state index in [4.69, 9.17) is 4.74 Å². The molecule has 1 aliphatic rings. The van der Waals surface area contributed by atoms with Crippen LogP contribution >= 0.6 is 11.8 Å². The highest BCUT2D eigenvalue weighted by Crippen LogP contribution is 2.29. The van der Waals surface area contributed by atoms with Crippen molar-refractivity contribution < 1.29 is 13.2 Å². The van der Waals surface area contributed by atoms with Gasteiger partial charge in [-0.2, -0.15) is 9.57 Å². The predicted octanol–water partition coefficient (Wildman–Crippen LogP) is 3.02. The molecule has 3 aromatic rings. The fourth-order valence-electron chi connectivity index (χ4n) is 3.41. The van der Waals surface area contributed by atoms with E-state index in [0.29, 0.717) is 49.4 Å². The summed E-state index contributed by atoms with van der Waals surface area (Å²) in [6, 6.07) is 18.9. The minimum Gasteiger partial charge on any atom is -0.379 e. The maximum atomic E-state index is 13.1. The van der Waals surface area contributed by atoms with Gasteiger partial charge in [-0.3, -0.25) is 4.57 Å². The molecule has 2 heterocycles. The maximum Gasteiger partial charge on any atom is 0.243 e. The SMILES string of the molecule is C[C@@H](C#N)Sc1nnc(-c2cccc(S(=O)(=O)N3CCOCC3)c2)n1Cc1ccccc1. The first kappa shape index (κ1) is 22.5. The van der Waals surface area contributed by atoms with Crippen molar-refractivity contribution >= 4 is 21.8 Å². The topological polar surface area (TPSA) is 101 Å². The van der Waals surface area contributed by atoms with Crippen LogP contribution in [0.25, 0.3) is 11.4 Å². The third-order valence-electron chi connectivity index (χ3n) is 5.06. The molecule has 2 aromatic carbocycles. The van der Waals surface area contributed by atoms with Crippen LogP contribution in [0.4, 0.5) is 0 Å². The number of hydrogen-bond donors (Lipinski definition) is 0. The van der Waals surface area contributed by atoms with Crippen molar-refractivity contribution in [3.05, 3.63) is 60.2 Å². The van der Waals surface area contributed by atoms with Crippen molar-refractivity contribution in [2.45, 2.75) is 28.8 Å². The van der Waals surface area contributed by atoms with Crippen LogP contribution in [0, 0.1) is 11.3 Å². The Balaban J connectivity index is 1.73. The molecule has 0 unspecified atom stereocenters. The van der Waals surface area contributed by atoms with Crippen LogP contribution in [-0.4, -0.2) is 59.0 Å². The molecule has 0 saturated carbocycles. The van der Waals surface area contributed by atoms with Crippen LogP contribution < -0.4 is 0 Å². The molecule has 4 rings (SSSR count). The van der Waals surface area contributed by atoms with Crippen molar-refractivity contribution in [2.75, 3.05) is 26.3 Å². The molecule has 0 spiro atoms. The fraction of sp³-hybridized carbons (Fsp3) is 0.318. The van der Waals surface area contributed by atoms with E-state index in [-0.39, 0.29) is 10.1 Å². The molecule has 0 radical (unpaired) electrons. The second kappa shape index (κ2) is 9.83. The molecule has 32 heavy (non-hydrogen) atoms. The molecule has 1 atom stereocenters. The summed E-state index contributed by atoms with van der Waals surface area (Å²) < 4.78 is 34.9. The first-order valence-corrected chi connectivity index (χ1v) is 12.5. The van der Waals surface area contributed by atoms with Gasteiger partial charge in [-0.25, -0.2) is 8.42 Å². The molecule has 1 aromatic heterocycles. The zero-order valence-electron chi connectivity index (χ0n) is 17.6. The van der Waals surface area contributed by atoms with Gasteiger partial charge in [0, 0.05) is 18.7 Å². The molecule has 0 aliphatic carbocycles. The van der Waals surface area contributed by atoms with Gasteiger partial charge in [-0.15, -0.1) is 10.2 Å². The summed E-state index contributed by atoms with van der Waals surface area (Å²) >= 11 is 1.33. The van der Waals surface area contributed by atoms with Crippen LogP contribution in [0.1, 0.15) is 12.5 Å². The van der Waals surface area contributed by atoms with Gasteiger partial charge in [-0.1, -0.05) is 54.2 Å². The number of ether oxygens (including phenoxy) is 1. The Morgan fingerprint density at radius 3 is 2.59 bits per heavy atom. The summed E-state index contributed by atoms with van der Waals surface area (Å²) in [5, 5.41) is 18.2. The molecule has 0 bridgehead atoms. The average molecular weight is 470 g/mol. The van der Waals surface area contributed by atoms with Gasteiger partial charge in [0.2, 0.25) is 10.0 Å². The van der Waals surface area contributed by atoms with Gasteiger partial charge < -0.3 is 4.74 Å². The Hall–Kier alpha value is -2.71. The number of nitrogens with zero attached hydrogens (tertiary/aromatic N) is 5. The third-order valence-corrected chi connectivity index (χ3v) is 7.93. The number of hydrogen-bond acceptors (Lipinski definition) is 7. The second-order valence-electron chi connectivity index (χ2n) is 7.31. The number of aromatic nitrogens is 3. The summed E-state index contributed by atoms with van der Waals surface area (Å²) in [4.78, 5) is 0.214. The van der Waals surface area contributed by atoms with Crippen LogP contribution in [-0.2, 0) is 21.3 Å². The molecule has 0 amide bonds. The first-order chi connectivity index (χ1) is 15.5. The maximum absolute atomic E-state index is 13.1. The van der Waals surface area contributed by atoms with Gasteiger partial charge in [0.1, 0.15) is 0 Å². The van der Waals surface area contributed by atoms with Gasteiger partial charge in [-0.05, 0) is 24.6 Å². The zero-order chi connectivity index (χ0) is 22.6. The van der Waals surface area contributed by atoms with Crippen molar-refractivity contribution in [1.29, 1.82) is 5.26 Å². The Labute approximate surface area is 191 Å². The second-order valence-corrected chi connectivity index (χ2v) is 10.6. The smallest absolute Gasteiger partial charge is 0.243 e. The normalized spacial score (nSPS) is 15.9. The minimum atomic E-state index is -3.63. The highest BCUT2D eigenvalue weighted by molar-refractivity contribution is 8.00. The van der Waals surface area contributed by atoms with E-state index in [1.54, 1.807) is 25.1 Å². The van der Waals surface area contributed by atoms with E-state index in [2.05, 4.69) is 16.3 Å². The Morgan fingerprint density at radius 2 is 1.88 bits per heavy atom. The van der Waals surface area contributed by atoms with Gasteiger partial charge in [0.25, 0.3) is 0 Å². The largest absolute Gasteiger partial charge is 0.379 e. The van der Waals surface area contributed by atoms with E-state index < -0.39 is 10.0 Å². The molecule has 1 saturated heterocycles. The quantitative estimate of drug-likeness (QED) is 0.490. The van der Waals surface area contributed by atoms with Crippen LogP contribution in [0.3, 0.4) is 0 Å². The number of sulfonamides is 1. The molecular weight excluding hydrogens is 446 g/mol. The lowest BCUT2D eigenvalue weighted by Crippen LogP contribution is -2.40. The standard InChI is InChI=1S/C22H23N5O3S2/c1-17(15-23)31-22-25-24-21(27(22)16-18-6-3-2-4-7-18)19-8-5-9-20(14-19)32(28,29)26-10-12-30-13-11-26/h2-9,14,17H,10-13,16H2,1H3/t17-/m0/s1. The lowest BCUT2D eigenvalue weighted by molar-refractivity contribution is 0.0730. The van der Waals surface area contributed by atoms with Crippen LogP contribution in [0.2, 0.25) is 0 Å². The molecule has 8 nitrogen and oxygen atoms in total. The molecule has 166 valence electrons. The summed E-state index contributed by atoms with van der Waals surface area (Å²) in [6.07, 6.45) is 0. The molecule has 10 heteroatoms. The number of thioether (sulfide) groups is 1. The van der Waals surface area contributed by atoms with Gasteiger partial charge in [0.05, 0.1) is 36.0 Å². The Morgan fingerprint density at radius 1 is 1.12 bits per heavy atom. The summed E-state index contributed by atoms with van der Waals surface area (Å²) in [7, 11) is -3.63. The number of nitriles is 1. The highest BCUT2D eigenvalue weighted by atomic mass is 32.2. The monoisotopic (exact) mass is 469 g/mol. The van der Waals surface area contributed by atoms with Gasteiger partial charge >= 0.3 is 0 Å². The fourth-order valence-corrected chi connectivity index (χ4v) is 5.60. The lowest BCUT2D eigenvalue weighted by Gasteiger charge is -2.26. The molecule has 1 fully saturated rings. The van der Waals surface area contributed by atoms with Crippen molar-refractivity contribution in [3.63, 3.8) is 0 Å². The number of benzene rings is 2. The van der Waals surface area contributed by atoms with E-state index in [9.17, 15) is 13.7 Å². The van der Waals surface area contributed by atoms with E-state index >= 15 is 0 Å². The van der Waals surface area contributed by atoms with Crippen LogP contribution in [0.15, 0.2) is 64.6 Å². The third kappa shape index (κ3) is 4.86.